The van der Waals surface area contributed by atoms with Gasteiger partial charge in [-0.1, -0.05) is 48.0 Å². The number of aliphatic hydroxyl groups excluding tert-OH is 1. The van der Waals surface area contributed by atoms with E-state index in [4.69, 9.17) is 0 Å². The van der Waals surface area contributed by atoms with Crippen LogP contribution in [0.3, 0.4) is 0 Å². The van der Waals surface area contributed by atoms with Crippen LogP contribution in [0.15, 0.2) is 54.1 Å². The predicted octanol–water partition coefficient (Wildman–Crippen LogP) is 2.11. The molecule has 2 aromatic carbocycles. The van der Waals surface area contributed by atoms with Crippen LogP contribution in [-0.2, 0) is 19.9 Å². The minimum atomic E-state index is -1.69. The van der Waals surface area contributed by atoms with E-state index in [1.165, 1.54) is 9.80 Å². The molecule has 31 heavy (non-hydrogen) atoms. The number of nitrogens with zero attached hydrogens (tertiary/aromatic N) is 3. The molecule has 7 heteroatoms. The number of hydrogen-bond acceptors (Lipinski definition) is 5. The van der Waals surface area contributed by atoms with Gasteiger partial charge < -0.3 is 19.8 Å². The molecular formula is C24H25N3O4. The first-order chi connectivity index (χ1) is 14.7. The molecule has 2 aliphatic heterocycles. The fraction of sp³-hybridized carbons (Fsp3) is 0.292. The second-order valence-electron chi connectivity index (χ2n) is 8.27. The van der Waals surface area contributed by atoms with E-state index in [1.54, 1.807) is 55.6 Å². The number of carbonyl (C=O) groups excluding carboxylic acids is 3. The fourth-order valence-electron chi connectivity index (χ4n) is 4.43. The monoisotopic (exact) mass is 419 g/mol. The van der Waals surface area contributed by atoms with E-state index in [0.717, 1.165) is 5.56 Å². The lowest BCUT2D eigenvalue weighted by Gasteiger charge is -2.34. The summed E-state index contributed by atoms with van der Waals surface area (Å²) < 4.78 is 0. The second kappa shape index (κ2) is 7.35. The number of fused-ring (bicyclic) bond motifs is 2. The van der Waals surface area contributed by atoms with Gasteiger partial charge in [0.05, 0.1) is 5.57 Å². The number of anilines is 1. The van der Waals surface area contributed by atoms with E-state index in [0.29, 0.717) is 23.4 Å². The lowest BCUT2D eigenvalue weighted by Crippen LogP contribution is -2.52. The highest BCUT2D eigenvalue weighted by Gasteiger charge is 2.66. The van der Waals surface area contributed by atoms with Crippen LogP contribution in [0.5, 0.6) is 0 Å². The quantitative estimate of drug-likeness (QED) is 0.466. The Bertz CT molecular complexity index is 1120. The van der Waals surface area contributed by atoms with Crippen LogP contribution in [0.1, 0.15) is 16.7 Å². The molecule has 0 aliphatic carbocycles. The van der Waals surface area contributed by atoms with Crippen LogP contribution < -0.4 is 4.90 Å². The Hall–Kier alpha value is -3.45. The van der Waals surface area contributed by atoms with E-state index in [1.807, 2.05) is 25.9 Å². The second-order valence-corrected chi connectivity index (χ2v) is 8.27. The maximum atomic E-state index is 13.8. The summed E-state index contributed by atoms with van der Waals surface area (Å²) in [5.74, 6) is -2.41. The minimum Gasteiger partial charge on any atom is -0.507 e. The van der Waals surface area contributed by atoms with Gasteiger partial charge in [-0.15, -0.1) is 0 Å². The van der Waals surface area contributed by atoms with Crippen LogP contribution in [-0.4, -0.2) is 66.7 Å². The maximum absolute atomic E-state index is 13.8. The summed E-state index contributed by atoms with van der Waals surface area (Å²) in [6, 6.07) is 14.1. The predicted molar refractivity (Wildman–Crippen MR) is 118 cm³/mol. The number of likely N-dealkylation sites (tertiary alicyclic amines) is 1. The zero-order valence-corrected chi connectivity index (χ0v) is 18.0. The van der Waals surface area contributed by atoms with Gasteiger partial charge in [-0.25, -0.2) is 0 Å². The maximum Gasteiger partial charge on any atom is 0.296 e. The number of aryl methyl sites for hydroxylation is 1. The summed E-state index contributed by atoms with van der Waals surface area (Å²) >= 11 is 0. The molecule has 1 spiro atoms. The number of likely N-dealkylation sites (N-methyl/N-ethyl adjacent to an activating group) is 2. The molecule has 2 aromatic rings. The number of carbonyl (C=O) groups is 3. The highest BCUT2D eigenvalue weighted by molar-refractivity contribution is 6.50. The molecular weight excluding hydrogens is 394 g/mol. The van der Waals surface area contributed by atoms with Crippen molar-refractivity contribution in [3.8, 4) is 0 Å². The van der Waals surface area contributed by atoms with Gasteiger partial charge >= 0.3 is 0 Å². The molecule has 1 fully saturated rings. The molecule has 2 heterocycles. The zero-order valence-electron chi connectivity index (χ0n) is 18.0. The molecule has 0 saturated carbocycles. The summed E-state index contributed by atoms with van der Waals surface area (Å²) in [6.07, 6.45) is 0. The number of para-hydroxylation sites is 1. The number of amides is 2. The van der Waals surface area contributed by atoms with Crippen LogP contribution in [0, 0.1) is 6.92 Å². The third kappa shape index (κ3) is 2.88. The topological polar surface area (TPSA) is 81.2 Å². The molecule has 160 valence electrons. The Balaban J connectivity index is 2.04. The van der Waals surface area contributed by atoms with Crippen molar-refractivity contribution in [1.29, 1.82) is 0 Å². The minimum absolute atomic E-state index is 0.163. The molecule has 1 N–H and O–H groups in total. The van der Waals surface area contributed by atoms with Gasteiger partial charge in [-0.05, 0) is 27.1 Å². The highest BCUT2D eigenvalue weighted by atomic mass is 16.3. The molecule has 4 rings (SSSR count). The standard InChI is InChI=1S/C24H25N3O4/c1-15-9-11-16(12-10-15)20(28)19-21(29)22(30)27(14-13-25(2)3)24(19)17-7-5-6-8-18(17)26(4)23(24)31/h5-12,28H,13-14H2,1-4H3. The Morgan fingerprint density at radius 3 is 2.32 bits per heavy atom. The van der Waals surface area contributed by atoms with Gasteiger partial charge in [0.1, 0.15) is 5.76 Å². The van der Waals surface area contributed by atoms with Gasteiger partial charge in [0, 0.05) is 37.0 Å². The van der Waals surface area contributed by atoms with Crippen molar-refractivity contribution in [2.75, 3.05) is 39.1 Å². The van der Waals surface area contributed by atoms with Gasteiger partial charge in [-0.3, -0.25) is 14.4 Å². The third-order valence-corrected chi connectivity index (χ3v) is 6.04. The van der Waals surface area contributed by atoms with Crippen molar-refractivity contribution in [3.63, 3.8) is 0 Å². The summed E-state index contributed by atoms with van der Waals surface area (Å²) in [4.78, 5) is 44.9. The van der Waals surface area contributed by atoms with E-state index < -0.39 is 23.1 Å². The molecule has 1 atom stereocenters. The summed E-state index contributed by atoms with van der Waals surface area (Å²) in [7, 11) is 5.33. The average Bonchev–Trinajstić information content (AvgIpc) is 3.11. The fourth-order valence-corrected chi connectivity index (χ4v) is 4.43. The van der Waals surface area contributed by atoms with E-state index in [2.05, 4.69) is 0 Å². The van der Waals surface area contributed by atoms with Gasteiger partial charge in [0.15, 0.2) is 5.54 Å². The van der Waals surface area contributed by atoms with Gasteiger partial charge in [-0.2, -0.15) is 0 Å². The van der Waals surface area contributed by atoms with E-state index >= 15 is 0 Å². The molecule has 2 aliphatic rings. The van der Waals surface area contributed by atoms with Crippen molar-refractivity contribution >= 4 is 29.0 Å². The number of aliphatic hydroxyl groups is 1. The summed E-state index contributed by atoms with van der Waals surface area (Å²) in [5, 5.41) is 11.2. The molecule has 0 bridgehead atoms. The first kappa shape index (κ1) is 20.8. The van der Waals surface area contributed by atoms with Crippen molar-refractivity contribution in [1.82, 2.24) is 9.80 Å². The molecule has 0 radical (unpaired) electrons. The van der Waals surface area contributed by atoms with Crippen LogP contribution >= 0.6 is 0 Å². The van der Waals surface area contributed by atoms with Gasteiger partial charge in [0.2, 0.25) is 0 Å². The molecule has 2 amide bonds. The average molecular weight is 419 g/mol. The summed E-state index contributed by atoms with van der Waals surface area (Å²) in [5.41, 5.74) is 0.634. The lowest BCUT2D eigenvalue weighted by atomic mass is 9.82. The van der Waals surface area contributed by atoms with E-state index in [9.17, 15) is 19.5 Å². The first-order valence-corrected chi connectivity index (χ1v) is 10.1. The van der Waals surface area contributed by atoms with Crippen LogP contribution in [0.2, 0.25) is 0 Å². The lowest BCUT2D eigenvalue weighted by molar-refractivity contribution is -0.143. The highest BCUT2D eigenvalue weighted by Crippen LogP contribution is 2.53. The SMILES string of the molecule is Cc1ccc(C(O)=C2C(=O)C(=O)N(CCN(C)C)C23C(=O)N(C)c2ccccc23)cc1. The zero-order chi connectivity index (χ0) is 22.5. The molecule has 7 nitrogen and oxygen atoms in total. The number of benzene rings is 2. The number of rotatable bonds is 4. The molecule has 1 saturated heterocycles. The number of hydrogen-bond donors (Lipinski definition) is 1. The Morgan fingerprint density at radius 1 is 1.03 bits per heavy atom. The van der Waals surface area contributed by atoms with Crippen molar-refractivity contribution in [3.05, 3.63) is 70.8 Å². The van der Waals surface area contributed by atoms with Crippen molar-refractivity contribution in [2.24, 2.45) is 0 Å². The smallest absolute Gasteiger partial charge is 0.296 e. The number of Topliss-reactive ketones (excluding diaryl/α,β-unsaturated/α-hetero) is 1. The van der Waals surface area contributed by atoms with Gasteiger partial charge in [0.25, 0.3) is 17.6 Å². The molecule has 1 unspecified atom stereocenters. The number of ketones is 1. The first-order valence-electron chi connectivity index (χ1n) is 10.1. The van der Waals surface area contributed by atoms with E-state index in [-0.39, 0.29) is 17.9 Å². The van der Waals surface area contributed by atoms with Crippen molar-refractivity contribution < 1.29 is 19.5 Å². The summed E-state index contributed by atoms with van der Waals surface area (Å²) in [6.45, 7) is 2.53. The normalized spacial score (nSPS) is 22.2. The molecule has 0 aromatic heterocycles. The van der Waals surface area contributed by atoms with Crippen LogP contribution in [0.4, 0.5) is 5.69 Å². The Labute approximate surface area is 181 Å². The third-order valence-electron chi connectivity index (χ3n) is 6.04. The van der Waals surface area contributed by atoms with Crippen molar-refractivity contribution in [2.45, 2.75) is 12.5 Å². The Kier molecular flexibility index (Phi) is 4.94. The largest absolute Gasteiger partial charge is 0.507 e. The van der Waals surface area contributed by atoms with Crippen LogP contribution in [0.25, 0.3) is 5.76 Å². The Morgan fingerprint density at radius 2 is 1.68 bits per heavy atom.